The first-order valence-electron chi connectivity index (χ1n) is 5.89. The summed E-state index contributed by atoms with van der Waals surface area (Å²) < 4.78 is 10.4. The lowest BCUT2D eigenvalue weighted by atomic mass is 10.4. The Morgan fingerprint density at radius 1 is 0.733 bits per heavy atom. The van der Waals surface area contributed by atoms with Crippen molar-refractivity contribution in [1.82, 2.24) is 0 Å². The summed E-state index contributed by atoms with van der Waals surface area (Å²) in [6.07, 6.45) is 2.72. The Hall–Kier alpha value is 0.384. The van der Waals surface area contributed by atoms with E-state index in [1.54, 1.807) is 0 Å². The molecule has 0 amide bonds. The molecule has 0 unspecified atom stereocenters. The zero-order valence-corrected chi connectivity index (χ0v) is 13.9. The molecule has 0 aromatic rings. The van der Waals surface area contributed by atoms with E-state index in [0.29, 0.717) is 0 Å². The largest absolute Gasteiger partial charge is 0.295 e. The molecule has 1 aliphatic rings. The standard InChI is InChI=1S/C10H26N2SSi2/c1-14(2,3)11-13(9-7-8-10-13)12-15(4,5)6/h7-10H2,1-6H3. The second-order valence-corrected chi connectivity index (χ2v) is 19.0. The van der Waals surface area contributed by atoms with Gasteiger partial charge in [-0.1, -0.05) is 9.62 Å². The Balaban J connectivity index is 3.22. The fourth-order valence-corrected chi connectivity index (χ4v) is 13.7. The zero-order chi connectivity index (χ0) is 11.7. The average Bonchev–Trinajstić information content (AvgIpc) is 2.27. The molecule has 0 aliphatic carbocycles. The lowest BCUT2D eigenvalue weighted by Crippen LogP contribution is -2.25. The number of hydrogen-bond acceptors (Lipinski definition) is 2. The van der Waals surface area contributed by atoms with E-state index in [1.165, 1.54) is 24.3 Å². The Kier molecular flexibility index (Phi) is 3.89. The van der Waals surface area contributed by atoms with Gasteiger partial charge in [0.1, 0.15) is 0 Å². The van der Waals surface area contributed by atoms with Crippen molar-refractivity contribution in [2.24, 2.45) is 8.06 Å². The van der Waals surface area contributed by atoms with Crippen LogP contribution in [0.3, 0.4) is 0 Å². The highest BCUT2D eigenvalue weighted by molar-refractivity contribution is 7.97. The van der Waals surface area contributed by atoms with Gasteiger partial charge in [0.2, 0.25) is 0 Å². The summed E-state index contributed by atoms with van der Waals surface area (Å²) in [5, 5.41) is 0. The summed E-state index contributed by atoms with van der Waals surface area (Å²) in [5.74, 6) is 2.59. The Labute approximate surface area is 97.9 Å². The van der Waals surface area contributed by atoms with Gasteiger partial charge < -0.3 is 0 Å². The van der Waals surface area contributed by atoms with Gasteiger partial charge in [0, 0.05) is 11.5 Å². The minimum atomic E-state index is -1.30. The van der Waals surface area contributed by atoms with Crippen LogP contribution < -0.4 is 0 Å². The van der Waals surface area contributed by atoms with Crippen molar-refractivity contribution in [3.8, 4) is 0 Å². The van der Waals surface area contributed by atoms with Crippen molar-refractivity contribution >= 4 is 26.1 Å². The molecule has 1 fully saturated rings. The van der Waals surface area contributed by atoms with Crippen LogP contribution in [0.4, 0.5) is 0 Å². The molecule has 0 atom stereocenters. The average molecular weight is 263 g/mol. The molecule has 1 rings (SSSR count). The highest BCUT2D eigenvalue weighted by Gasteiger charge is 2.23. The summed E-state index contributed by atoms with van der Waals surface area (Å²) in [7, 11) is -3.51. The molecule has 0 spiro atoms. The quantitative estimate of drug-likeness (QED) is 0.673. The molecule has 0 radical (unpaired) electrons. The smallest absolute Gasteiger partial charge is 0.182 e. The molecule has 90 valence electrons. The van der Waals surface area contributed by atoms with Crippen LogP contribution >= 0.6 is 0 Å². The van der Waals surface area contributed by atoms with Gasteiger partial charge in [0.15, 0.2) is 16.5 Å². The van der Waals surface area contributed by atoms with Crippen LogP contribution in [0.1, 0.15) is 12.8 Å². The molecular weight excluding hydrogens is 236 g/mol. The van der Waals surface area contributed by atoms with E-state index >= 15 is 0 Å². The lowest BCUT2D eigenvalue weighted by Gasteiger charge is -2.21. The van der Waals surface area contributed by atoms with Crippen molar-refractivity contribution in [3.63, 3.8) is 0 Å². The summed E-state index contributed by atoms with van der Waals surface area (Å²) >= 11 is 0. The Morgan fingerprint density at radius 2 is 1.07 bits per heavy atom. The fraction of sp³-hybridized carbons (Fsp3) is 1.00. The van der Waals surface area contributed by atoms with Crippen LogP contribution in [0.2, 0.25) is 39.3 Å². The third kappa shape index (κ3) is 4.82. The molecule has 0 aromatic heterocycles. The summed E-state index contributed by atoms with van der Waals surface area (Å²) in [6, 6.07) is 0. The Morgan fingerprint density at radius 3 is 1.33 bits per heavy atom. The molecule has 15 heavy (non-hydrogen) atoms. The second kappa shape index (κ2) is 4.33. The number of rotatable bonds is 2. The first kappa shape index (κ1) is 13.4. The van der Waals surface area contributed by atoms with Gasteiger partial charge in [-0.15, -0.1) is 0 Å². The highest BCUT2D eigenvalue weighted by Crippen LogP contribution is 2.23. The van der Waals surface area contributed by atoms with Gasteiger partial charge >= 0.3 is 0 Å². The molecule has 1 saturated heterocycles. The molecule has 2 nitrogen and oxygen atoms in total. The topological polar surface area (TPSA) is 24.7 Å². The predicted molar refractivity (Wildman–Crippen MR) is 77.9 cm³/mol. The van der Waals surface area contributed by atoms with Crippen LogP contribution in [0.15, 0.2) is 8.06 Å². The summed E-state index contributed by atoms with van der Waals surface area (Å²) in [6.45, 7) is 14.1. The van der Waals surface area contributed by atoms with E-state index in [1.807, 2.05) is 0 Å². The van der Waals surface area contributed by atoms with Gasteiger partial charge in [-0.05, 0) is 52.1 Å². The number of hydrogen-bond donors (Lipinski definition) is 0. The van der Waals surface area contributed by atoms with Gasteiger partial charge in [-0.3, -0.25) is 8.06 Å². The summed E-state index contributed by atoms with van der Waals surface area (Å²) in [5.41, 5.74) is 0. The van der Waals surface area contributed by atoms with Crippen molar-refractivity contribution in [3.05, 3.63) is 0 Å². The van der Waals surface area contributed by atoms with E-state index in [2.05, 4.69) is 39.3 Å². The molecule has 0 aromatic carbocycles. The lowest BCUT2D eigenvalue weighted by molar-refractivity contribution is 0.949. The van der Waals surface area contributed by atoms with Crippen LogP contribution in [0.25, 0.3) is 0 Å². The second-order valence-electron chi connectivity index (χ2n) is 6.44. The van der Waals surface area contributed by atoms with Crippen molar-refractivity contribution < 1.29 is 0 Å². The first-order chi connectivity index (χ1) is 6.62. The third-order valence-corrected chi connectivity index (χ3v) is 11.1. The van der Waals surface area contributed by atoms with E-state index in [-0.39, 0.29) is 0 Å². The zero-order valence-electron chi connectivity index (χ0n) is 11.1. The van der Waals surface area contributed by atoms with Crippen LogP contribution in [0, 0.1) is 0 Å². The third-order valence-electron chi connectivity index (χ3n) is 2.08. The van der Waals surface area contributed by atoms with Gasteiger partial charge in [0.25, 0.3) is 0 Å². The molecule has 0 bridgehead atoms. The minimum absolute atomic E-state index is 0.903. The fourth-order valence-electron chi connectivity index (χ4n) is 1.99. The van der Waals surface area contributed by atoms with Crippen molar-refractivity contribution in [1.29, 1.82) is 0 Å². The number of nitrogens with zero attached hydrogens (tertiary/aromatic N) is 2. The molecular formula is C10H26N2SSi2. The Bertz CT molecular complexity index is 303. The van der Waals surface area contributed by atoms with E-state index in [9.17, 15) is 0 Å². The van der Waals surface area contributed by atoms with E-state index in [0.717, 1.165) is 0 Å². The molecule has 5 heteroatoms. The van der Waals surface area contributed by atoms with Crippen LogP contribution in [-0.4, -0.2) is 28.0 Å². The maximum absolute atomic E-state index is 5.22. The summed E-state index contributed by atoms with van der Waals surface area (Å²) in [4.78, 5) is 0. The van der Waals surface area contributed by atoms with Crippen LogP contribution in [0.5, 0.6) is 0 Å². The minimum Gasteiger partial charge on any atom is -0.295 e. The molecule has 0 N–H and O–H groups in total. The monoisotopic (exact) mass is 262 g/mol. The van der Waals surface area contributed by atoms with Gasteiger partial charge in [-0.25, -0.2) is 0 Å². The van der Waals surface area contributed by atoms with Crippen molar-refractivity contribution in [2.75, 3.05) is 11.5 Å². The maximum Gasteiger partial charge on any atom is 0.182 e. The highest BCUT2D eigenvalue weighted by atomic mass is 32.2. The first-order valence-corrected chi connectivity index (χ1v) is 14.7. The van der Waals surface area contributed by atoms with Crippen LogP contribution in [-0.2, 0) is 9.62 Å². The molecule has 0 saturated carbocycles. The molecule has 1 aliphatic heterocycles. The SMILES string of the molecule is C[Si](C)(C)N=S1(=N[Si](C)(C)C)CCCC1. The van der Waals surface area contributed by atoms with E-state index in [4.69, 9.17) is 8.06 Å². The van der Waals surface area contributed by atoms with E-state index < -0.39 is 26.1 Å². The van der Waals surface area contributed by atoms with Gasteiger partial charge in [-0.2, -0.15) is 0 Å². The molecule has 1 heterocycles. The normalized spacial score (nSPS) is 21.5. The van der Waals surface area contributed by atoms with Crippen molar-refractivity contribution in [2.45, 2.75) is 52.1 Å². The maximum atomic E-state index is 5.22. The predicted octanol–water partition coefficient (Wildman–Crippen LogP) is 3.97. The van der Waals surface area contributed by atoms with Gasteiger partial charge in [0.05, 0.1) is 0 Å².